The highest BCUT2D eigenvalue weighted by Gasteiger charge is 2.28. The van der Waals surface area contributed by atoms with Crippen molar-refractivity contribution in [1.82, 2.24) is 10.6 Å². The van der Waals surface area contributed by atoms with Gasteiger partial charge in [0.05, 0.1) is 0 Å². The molecule has 1 heterocycles. The second-order valence-electron chi connectivity index (χ2n) is 4.64. The van der Waals surface area contributed by atoms with Crippen molar-refractivity contribution in [2.75, 3.05) is 13.1 Å². The van der Waals surface area contributed by atoms with Crippen molar-refractivity contribution < 1.29 is 0 Å². The fourth-order valence-corrected chi connectivity index (χ4v) is 2.00. The molecule has 2 unspecified atom stereocenters. The zero-order valence-corrected chi connectivity index (χ0v) is 9.59. The van der Waals surface area contributed by atoms with Crippen LogP contribution >= 0.6 is 0 Å². The van der Waals surface area contributed by atoms with Gasteiger partial charge in [0.25, 0.3) is 0 Å². The summed E-state index contributed by atoms with van der Waals surface area (Å²) >= 11 is 0. The first kappa shape index (κ1) is 10.7. The molecule has 0 bridgehead atoms. The standard InChI is InChI=1S/C13H20N2/c1-3-13(2)10-14-12(9-15-13)11-7-5-4-6-8-11/h4-8,12,14-15H,3,9-10H2,1-2H3. The van der Waals surface area contributed by atoms with Crippen molar-refractivity contribution in [3.63, 3.8) is 0 Å². The molecular weight excluding hydrogens is 184 g/mol. The van der Waals surface area contributed by atoms with Gasteiger partial charge in [0.2, 0.25) is 0 Å². The summed E-state index contributed by atoms with van der Waals surface area (Å²) in [5.41, 5.74) is 1.65. The zero-order chi connectivity index (χ0) is 10.7. The van der Waals surface area contributed by atoms with Crippen molar-refractivity contribution >= 4 is 0 Å². The van der Waals surface area contributed by atoms with Gasteiger partial charge in [0.15, 0.2) is 0 Å². The number of hydrogen-bond acceptors (Lipinski definition) is 2. The van der Waals surface area contributed by atoms with Crippen molar-refractivity contribution in [2.24, 2.45) is 0 Å². The fraction of sp³-hybridized carbons (Fsp3) is 0.538. The largest absolute Gasteiger partial charge is 0.308 e. The Labute approximate surface area is 92.1 Å². The lowest BCUT2D eigenvalue weighted by Crippen LogP contribution is -2.57. The van der Waals surface area contributed by atoms with Crippen LogP contribution in [-0.4, -0.2) is 18.6 Å². The Kier molecular flexibility index (Phi) is 3.08. The van der Waals surface area contributed by atoms with Gasteiger partial charge in [0, 0.05) is 24.7 Å². The first-order valence-electron chi connectivity index (χ1n) is 5.77. The third kappa shape index (κ3) is 2.39. The number of hydrogen-bond donors (Lipinski definition) is 2. The SMILES string of the molecule is CCC1(C)CNC(c2ccccc2)CN1. The molecule has 1 aromatic carbocycles. The number of piperazine rings is 1. The quantitative estimate of drug-likeness (QED) is 0.771. The van der Waals surface area contributed by atoms with E-state index in [9.17, 15) is 0 Å². The summed E-state index contributed by atoms with van der Waals surface area (Å²) in [6, 6.07) is 11.1. The summed E-state index contributed by atoms with van der Waals surface area (Å²) < 4.78 is 0. The van der Waals surface area contributed by atoms with Crippen molar-refractivity contribution in [3.8, 4) is 0 Å². The summed E-state index contributed by atoms with van der Waals surface area (Å²) in [7, 11) is 0. The van der Waals surface area contributed by atoms with Crippen LogP contribution in [0.15, 0.2) is 30.3 Å². The first-order chi connectivity index (χ1) is 7.23. The molecule has 2 atom stereocenters. The van der Waals surface area contributed by atoms with E-state index < -0.39 is 0 Å². The molecule has 2 rings (SSSR count). The lowest BCUT2D eigenvalue weighted by molar-refractivity contribution is 0.248. The summed E-state index contributed by atoms with van der Waals surface area (Å²) in [6.07, 6.45) is 1.17. The normalized spacial score (nSPS) is 31.5. The molecule has 2 nitrogen and oxygen atoms in total. The van der Waals surface area contributed by atoms with Gasteiger partial charge in [0.1, 0.15) is 0 Å². The molecule has 1 aliphatic rings. The average Bonchev–Trinajstić information content (AvgIpc) is 2.31. The Morgan fingerprint density at radius 2 is 2.07 bits per heavy atom. The van der Waals surface area contributed by atoms with E-state index in [0.717, 1.165) is 13.1 Å². The minimum Gasteiger partial charge on any atom is -0.308 e. The molecule has 1 fully saturated rings. The van der Waals surface area contributed by atoms with Crippen LogP contribution in [0.25, 0.3) is 0 Å². The van der Waals surface area contributed by atoms with Crippen LogP contribution in [0, 0.1) is 0 Å². The van der Waals surface area contributed by atoms with Gasteiger partial charge in [-0.05, 0) is 18.9 Å². The number of rotatable bonds is 2. The lowest BCUT2D eigenvalue weighted by atomic mass is 9.93. The maximum Gasteiger partial charge on any atom is 0.0447 e. The van der Waals surface area contributed by atoms with E-state index in [1.54, 1.807) is 0 Å². The Hall–Kier alpha value is -0.860. The molecule has 0 amide bonds. The molecule has 0 spiro atoms. The maximum absolute atomic E-state index is 3.63. The third-order valence-electron chi connectivity index (χ3n) is 3.45. The van der Waals surface area contributed by atoms with Crippen molar-refractivity contribution in [3.05, 3.63) is 35.9 Å². The second-order valence-corrected chi connectivity index (χ2v) is 4.64. The van der Waals surface area contributed by atoms with Gasteiger partial charge in [-0.1, -0.05) is 37.3 Å². The summed E-state index contributed by atoms with van der Waals surface area (Å²) in [4.78, 5) is 0. The van der Waals surface area contributed by atoms with E-state index in [0.29, 0.717) is 6.04 Å². The highest BCUT2D eigenvalue weighted by molar-refractivity contribution is 5.20. The second kappa shape index (κ2) is 4.33. The summed E-state index contributed by atoms with van der Waals surface area (Å²) in [5, 5.41) is 7.25. The van der Waals surface area contributed by atoms with Gasteiger partial charge in [-0.15, -0.1) is 0 Å². The van der Waals surface area contributed by atoms with Crippen LogP contribution in [0.1, 0.15) is 31.9 Å². The Morgan fingerprint density at radius 3 is 2.60 bits per heavy atom. The highest BCUT2D eigenvalue weighted by Crippen LogP contribution is 2.19. The lowest BCUT2D eigenvalue weighted by Gasteiger charge is -2.39. The summed E-state index contributed by atoms with van der Waals surface area (Å²) in [6.45, 7) is 6.58. The topological polar surface area (TPSA) is 24.1 Å². The van der Waals surface area contributed by atoms with Gasteiger partial charge in [-0.2, -0.15) is 0 Å². The van der Waals surface area contributed by atoms with Crippen LogP contribution in [0.3, 0.4) is 0 Å². The molecule has 0 saturated carbocycles. The third-order valence-corrected chi connectivity index (χ3v) is 3.45. The molecule has 1 saturated heterocycles. The molecule has 0 aromatic heterocycles. The Morgan fingerprint density at radius 1 is 1.33 bits per heavy atom. The predicted octanol–water partition coefficient (Wildman–Crippen LogP) is 2.09. The van der Waals surface area contributed by atoms with Gasteiger partial charge >= 0.3 is 0 Å². The molecule has 2 N–H and O–H groups in total. The first-order valence-corrected chi connectivity index (χ1v) is 5.77. The van der Waals surface area contributed by atoms with Crippen molar-refractivity contribution in [1.29, 1.82) is 0 Å². The molecule has 15 heavy (non-hydrogen) atoms. The molecule has 82 valence electrons. The smallest absolute Gasteiger partial charge is 0.0447 e. The summed E-state index contributed by atoms with van der Waals surface area (Å²) in [5.74, 6) is 0. The number of nitrogens with one attached hydrogen (secondary N) is 2. The maximum atomic E-state index is 3.63. The molecule has 1 aliphatic heterocycles. The predicted molar refractivity (Wildman–Crippen MR) is 63.9 cm³/mol. The minimum absolute atomic E-state index is 0.269. The Bertz CT molecular complexity index is 300. The van der Waals surface area contributed by atoms with E-state index in [2.05, 4.69) is 54.8 Å². The average molecular weight is 204 g/mol. The Balaban J connectivity index is 2.00. The van der Waals surface area contributed by atoms with Crippen LogP contribution in [0.4, 0.5) is 0 Å². The van der Waals surface area contributed by atoms with Crippen LogP contribution in [0.5, 0.6) is 0 Å². The number of benzene rings is 1. The molecule has 0 radical (unpaired) electrons. The van der Waals surface area contributed by atoms with E-state index in [1.807, 2.05) is 0 Å². The molecular formula is C13H20N2. The van der Waals surface area contributed by atoms with Gasteiger partial charge in [-0.3, -0.25) is 0 Å². The monoisotopic (exact) mass is 204 g/mol. The molecule has 2 heteroatoms. The minimum atomic E-state index is 0.269. The van der Waals surface area contributed by atoms with Gasteiger partial charge in [-0.25, -0.2) is 0 Å². The van der Waals surface area contributed by atoms with Crippen LogP contribution < -0.4 is 10.6 Å². The van der Waals surface area contributed by atoms with Crippen LogP contribution in [-0.2, 0) is 0 Å². The van der Waals surface area contributed by atoms with E-state index >= 15 is 0 Å². The zero-order valence-electron chi connectivity index (χ0n) is 9.59. The van der Waals surface area contributed by atoms with Crippen molar-refractivity contribution in [2.45, 2.75) is 31.8 Å². The van der Waals surface area contributed by atoms with Crippen LogP contribution in [0.2, 0.25) is 0 Å². The molecule has 1 aromatic rings. The van der Waals surface area contributed by atoms with Gasteiger partial charge < -0.3 is 10.6 Å². The fourth-order valence-electron chi connectivity index (χ4n) is 2.00. The van der Waals surface area contributed by atoms with E-state index in [4.69, 9.17) is 0 Å². The highest BCUT2D eigenvalue weighted by atomic mass is 15.1. The van der Waals surface area contributed by atoms with E-state index in [-0.39, 0.29) is 5.54 Å². The molecule has 0 aliphatic carbocycles. The van der Waals surface area contributed by atoms with E-state index in [1.165, 1.54) is 12.0 Å².